The van der Waals surface area contributed by atoms with Gasteiger partial charge in [0.2, 0.25) is 0 Å². The zero-order chi connectivity index (χ0) is 14.5. The van der Waals surface area contributed by atoms with Crippen LogP contribution in [0.25, 0.3) is 0 Å². The van der Waals surface area contributed by atoms with Crippen LogP contribution in [0.15, 0.2) is 36.5 Å². The van der Waals surface area contributed by atoms with E-state index in [4.69, 9.17) is 10.5 Å². The average Bonchev–Trinajstić information content (AvgIpc) is 2.89. The molecule has 2 amide bonds. The van der Waals surface area contributed by atoms with E-state index in [0.717, 1.165) is 16.9 Å². The van der Waals surface area contributed by atoms with Crippen molar-refractivity contribution in [2.24, 2.45) is 5.73 Å². The Balaban J connectivity index is 2.11. The lowest BCUT2D eigenvalue weighted by atomic mass is 10.1. The molecule has 20 heavy (non-hydrogen) atoms. The molecule has 2 aromatic rings. The van der Waals surface area contributed by atoms with Gasteiger partial charge in [0, 0.05) is 7.11 Å². The predicted molar refractivity (Wildman–Crippen MR) is 75.5 cm³/mol. The first kappa shape index (κ1) is 14.2. The maximum Gasteiger partial charge on any atom is 0.260 e. The fourth-order valence-corrected chi connectivity index (χ4v) is 2.31. The average molecular weight is 291 g/mol. The smallest absolute Gasteiger partial charge is 0.260 e. The molecule has 1 heterocycles. The van der Waals surface area contributed by atoms with E-state index >= 15 is 0 Å². The number of nitrogens with zero attached hydrogens (tertiary/aromatic N) is 1. The molecule has 0 spiro atoms. The summed E-state index contributed by atoms with van der Waals surface area (Å²) in [6.45, 7) is 0. The van der Waals surface area contributed by atoms with Crippen molar-refractivity contribution in [3.63, 3.8) is 0 Å². The number of ether oxygens (including phenoxy) is 1. The Bertz CT molecular complexity index is 612. The molecule has 0 aliphatic rings. The summed E-state index contributed by atoms with van der Waals surface area (Å²) in [4.78, 5) is 27.3. The predicted octanol–water partition coefficient (Wildman–Crippen LogP) is 1.57. The van der Waals surface area contributed by atoms with Crippen molar-refractivity contribution in [1.82, 2.24) is 4.98 Å². The lowest BCUT2D eigenvalue weighted by Gasteiger charge is -2.14. The van der Waals surface area contributed by atoms with Gasteiger partial charge in [-0.05, 0) is 5.56 Å². The van der Waals surface area contributed by atoms with Crippen LogP contribution >= 0.6 is 11.3 Å². The number of nitrogens with two attached hydrogens (primary N) is 1. The number of hydrogen-bond acceptors (Lipinski definition) is 5. The van der Waals surface area contributed by atoms with E-state index in [1.807, 2.05) is 18.2 Å². The number of nitrogens with one attached hydrogen (secondary N) is 1. The van der Waals surface area contributed by atoms with Gasteiger partial charge < -0.3 is 10.5 Å². The number of benzene rings is 1. The molecule has 0 saturated carbocycles. The van der Waals surface area contributed by atoms with Crippen molar-refractivity contribution in [2.45, 2.75) is 6.10 Å². The number of primary amides is 1. The largest absolute Gasteiger partial charge is 0.367 e. The molecule has 0 bridgehead atoms. The van der Waals surface area contributed by atoms with Gasteiger partial charge in [-0.2, -0.15) is 0 Å². The zero-order valence-corrected chi connectivity index (χ0v) is 11.5. The number of hydrogen-bond donors (Lipinski definition) is 2. The van der Waals surface area contributed by atoms with Crippen LogP contribution in [-0.2, 0) is 9.53 Å². The molecule has 1 aromatic carbocycles. The Morgan fingerprint density at radius 3 is 2.60 bits per heavy atom. The quantitative estimate of drug-likeness (QED) is 0.874. The molecule has 2 rings (SSSR count). The first-order chi connectivity index (χ1) is 9.61. The summed E-state index contributed by atoms with van der Waals surface area (Å²) < 4.78 is 5.20. The van der Waals surface area contributed by atoms with Crippen molar-refractivity contribution >= 4 is 28.3 Å². The summed E-state index contributed by atoms with van der Waals surface area (Å²) >= 11 is 1.02. The zero-order valence-electron chi connectivity index (χ0n) is 10.7. The van der Waals surface area contributed by atoms with Crippen LogP contribution in [0.1, 0.15) is 21.3 Å². The van der Waals surface area contributed by atoms with Crippen molar-refractivity contribution in [1.29, 1.82) is 0 Å². The lowest BCUT2D eigenvalue weighted by Crippen LogP contribution is -2.22. The van der Waals surface area contributed by atoms with Gasteiger partial charge in [0.05, 0.1) is 6.20 Å². The highest BCUT2D eigenvalue weighted by Crippen LogP contribution is 2.22. The van der Waals surface area contributed by atoms with Gasteiger partial charge >= 0.3 is 0 Å². The molecule has 0 aliphatic heterocycles. The molecule has 1 unspecified atom stereocenters. The number of aromatic nitrogens is 1. The summed E-state index contributed by atoms with van der Waals surface area (Å²) in [5.74, 6) is -0.932. The Morgan fingerprint density at radius 2 is 2.05 bits per heavy atom. The van der Waals surface area contributed by atoms with E-state index in [2.05, 4.69) is 10.3 Å². The van der Waals surface area contributed by atoms with Crippen LogP contribution in [0.2, 0.25) is 0 Å². The van der Waals surface area contributed by atoms with Gasteiger partial charge in [0.25, 0.3) is 11.8 Å². The molecule has 0 saturated heterocycles. The SMILES string of the molecule is COC(C(=O)Nc1ncc(C(N)=O)s1)c1ccccc1. The highest BCUT2D eigenvalue weighted by molar-refractivity contribution is 7.17. The maximum atomic E-state index is 12.1. The van der Waals surface area contributed by atoms with E-state index in [-0.39, 0.29) is 10.8 Å². The Hall–Kier alpha value is -2.25. The van der Waals surface area contributed by atoms with Gasteiger partial charge in [-0.25, -0.2) is 4.98 Å². The van der Waals surface area contributed by atoms with Crippen molar-refractivity contribution < 1.29 is 14.3 Å². The number of anilines is 1. The lowest BCUT2D eigenvalue weighted by molar-refractivity contribution is -0.126. The van der Waals surface area contributed by atoms with E-state index in [1.54, 1.807) is 12.1 Å². The highest BCUT2D eigenvalue weighted by atomic mass is 32.1. The normalized spacial score (nSPS) is 11.8. The molecule has 0 radical (unpaired) electrons. The second-order valence-electron chi connectivity index (χ2n) is 3.91. The van der Waals surface area contributed by atoms with Crippen LogP contribution in [0.4, 0.5) is 5.13 Å². The third-order valence-corrected chi connectivity index (χ3v) is 3.48. The molecular formula is C13H13N3O3S. The van der Waals surface area contributed by atoms with E-state index < -0.39 is 12.0 Å². The fourth-order valence-electron chi connectivity index (χ4n) is 1.64. The molecule has 7 heteroatoms. The summed E-state index contributed by atoms with van der Waals surface area (Å²) in [7, 11) is 1.45. The monoisotopic (exact) mass is 291 g/mol. The van der Waals surface area contributed by atoms with Crippen molar-refractivity contribution in [2.75, 3.05) is 12.4 Å². The minimum absolute atomic E-state index is 0.286. The Kier molecular flexibility index (Phi) is 4.44. The number of thiazole rings is 1. The molecule has 6 nitrogen and oxygen atoms in total. The summed E-state index contributed by atoms with van der Waals surface area (Å²) in [5, 5.41) is 2.91. The number of methoxy groups -OCH3 is 1. The number of rotatable bonds is 5. The molecule has 104 valence electrons. The van der Waals surface area contributed by atoms with Gasteiger partial charge in [0.1, 0.15) is 4.88 Å². The standard InChI is InChI=1S/C13H13N3O3S/c1-19-10(8-5-3-2-4-6-8)12(18)16-13-15-7-9(20-13)11(14)17/h2-7,10H,1H3,(H2,14,17)(H,15,16,18). The molecule has 0 fully saturated rings. The molecule has 3 N–H and O–H groups in total. The Morgan fingerprint density at radius 1 is 1.35 bits per heavy atom. The van der Waals surface area contributed by atoms with E-state index in [1.165, 1.54) is 13.3 Å². The van der Waals surface area contributed by atoms with Crippen LogP contribution < -0.4 is 11.1 Å². The van der Waals surface area contributed by atoms with Gasteiger partial charge in [-0.3, -0.25) is 14.9 Å². The van der Waals surface area contributed by atoms with Gasteiger partial charge in [-0.15, -0.1) is 0 Å². The number of amides is 2. The summed E-state index contributed by atoms with van der Waals surface area (Å²) in [6.07, 6.45) is 0.588. The van der Waals surface area contributed by atoms with Crippen LogP contribution in [0.3, 0.4) is 0 Å². The van der Waals surface area contributed by atoms with Crippen molar-refractivity contribution in [3.05, 3.63) is 47.0 Å². The summed E-state index contributed by atoms with van der Waals surface area (Å²) in [6, 6.07) is 9.09. The van der Waals surface area contributed by atoms with Crippen LogP contribution in [0, 0.1) is 0 Å². The molecular weight excluding hydrogens is 278 g/mol. The fraction of sp³-hybridized carbons (Fsp3) is 0.154. The number of carbonyl (C=O) groups is 2. The van der Waals surface area contributed by atoms with Crippen LogP contribution in [-0.4, -0.2) is 23.9 Å². The summed E-state index contributed by atoms with van der Waals surface area (Å²) in [5.41, 5.74) is 5.86. The van der Waals surface area contributed by atoms with E-state index in [0.29, 0.717) is 5.13 Å². The Labute approximate surface area is 119 Å². The first-order valence-electron chi connectivity index (χ1n) is 5.76. The van der Waals surface area contributed by atoms with Gasteiger partial charge in [0.15, 0.2) is 11.2 Å². The third kappa shape index (κ3) is 3.19. The first-order valence-corrected chi connectivity index (χ1v) is 6.57. The molecule has 0 aliphatic carbocycles. The minimum Gasteiger partial charge on any atom is -0.367 e. The van der Waals surface area contributed by atoms with Crippen molar-refractivity contribution in [3.8, 4) is 0 Å². The molecule has 1 aromatic heterocycles. The minimum atomic E-state index is -0.739. The third-order valence-electron chi connectivity index (χ3n) is 2.55. The second-order valence-corrected chi connectivity index (χ2v) is 4.94. The topological polar surface area (TPSA) is 94.3 Å². The maximum absolute atomic E-state index is 12.1. The molecule has 1 atom stereocenters. The van der Waals surface area contributed by atoms with Crippen LogP contribution in [0.5, 0.6) is 0 Å². The second kappa shape index (κ2) is 6.27. The highest BCUT2D eigenvalue weighted by Gasteiger charge is 2.21. The van der Waals surface area contributed by atoms with E-state index in [9.17, 15) is 9.59 Å². The number of carbonyl (C=O) groups excluding carboxylic acids is 2. The van der Waals surface area contributed by atoms with Gasteiger partial charge in [-0.1, -0.05) is 41.7 Å².